The quantitative estimate of drug-likeness (QED) is 0.745. The fourth-order valence-corrected chi connectivity index (χ4v) is 3.77. The van der Waals surface area contributed by atoms with Gasteiger partial charge in [-0.05, 0) is 18.6 Å². The third-order valence-electron chi connectivity index (χ3n) is 3.75. The minimum absolute atomic E-state index is 0.302. The van der Waals surface area contributed by atoms with Crippen molar-refractivity contribution in [3.8, 4) is 10.4 Å². The van der Waals surface area contributed by atoms with Gasteiger partial charge in [0, 0.05) is 25.6 Å². The van der Waals surface area contributed by atoms with Crippen molar-refractivity contribution >= 4 is 27.4 Å². The zero-order valence-electron chi connectivity index (χ0n) is 14.1. The fourth-order valence-electron chi connectivity index (χ4n) is 2.69. The number of ether oxygens (including phenoxy) is 1. The van der Waals surface area contributed by atoms with E-state index in [1.165, 1.54) is 5.56 Å². The maximum absolute atomic E-state index is 10.00. The smallest absolute Gasteiger partial charge is 0.140 e. The second kappa shape index (κ2) is 7.25. The summed E-state index contributed by atoms with van der Waals surface area (Å²) in [6.07, 6.45) is -0.558. The Morgan fingerprint density at radius 3 is 2.71 bits per heavy atom. The molecule has 0 unspecified atom stereocenters. The second-order valence-electron chi connectivity index (χ2n) is 5.78. The molecule has 5 nitrogen and oxygen atoms in total. The first-order valence-electron chi connectivity index (χ1n) is 7.80. The lowest BCUT2D eigenvalue weighted by Gasteiger charge is -2.22. The number of hydrogen-bond acceptors (Lipinski definition) is 6. The van der Waals surface area contributed by atoms with Crippen LogP contribution in [-0.4, -0.2) is 48.5 Å². The minimum atomic E-state index is -0.558. The van der Waals surface area contributed by atoms with Crippen LogP contribution in [0.4, 0.5) is 5.82 Å². The van der Waals surface area contributed by atoms with Crippen LogP contribution in [0.1, 0.15) is 5.82 Å². The predicted molar refractivity (Wildman–Crippen MR) is 98.7 cm³/mol. The van der Waals surface area contributed by atoms with E-state index in [1.807, 2.05) is 37.1 Å². The van der Waals surface area contributed by atoms with E-state index in [1.54, 1.807) is 18.4 Å². The highest BCUT2D eigenvalue weighted by atomic mass is 32.1. The maximum Gasteiger partial charge on any atom is 0.140 e. The van der Waals surface area contributed by atoms with Crippen LogP contribution in [0.3, 0.4) is 0 Å². The summed E-state index contributed by atoms with van der Waals surface area (Å²) in [7, 11) is 3.52. The molecule has 0 aliphatic carbocycles. The van der Waals surface area contributed by atoms with E-state index < -0.39 is 6.10 Å². The molecule has 2 heterocycles. The van der Waals surface area contributed by atoms with Crippen molar-refractivity contribution in [3.05, 3.63) is 42.2 Å². The van der Waals surface area contributed by atoms with Crippen LogP contribution in [0.2, 0.25) is 0 Å². The first-order valence-corrected chi connectivity index (χ1v) is 8.62. The Morgan fingerprint density at radius 2 is 2.00 bits per heavy atom. The van der Waals surface area contributed by atoms with Gasteiger partial charge in [0.1, 0.15) is 16.5 Å². The third kappa shape index (κ3) is 3.56. The van der Waals surface area contributed by atoms with Gasteiger partial charge in [0.05, 0.1) is 18.1 Å². The summed E-state index contributed by atoms with van der Waals surface area (Å²) in [5.74, 6) is 1.57. The van der Waals surface area contributed by atoms with Crippen molar-refractivity contribution in [2.45, 2.75) is 13.0 Å². The molecule has 0 bridgehead atoms. The Bertz CT molecular complexity index is 820. The number of thiophene rings is 1. The predicted octanol–water partition coefficient (Wildman–Crippen LogP) is 3.11. The average molecular weight is 343 g/mol. The van der Waals surface area contributed by atoms with E-state index in [0.717, 1.165) is 26.7 Å². The van der Waals surface area contributed by atoms with Crippen LogP contribution in [0.5, 0.6) is 0 Å². The first kappa shape index (κ1) is 16.8. The number of anilines is 1. The average Bonchev–Trinajstić information content (AvgIpc) is 2.98. The first-order chi connectivity index (χ1) is 11.6. The Kier molecular flexibility index (Phi) is 5.08. The Hall–Kier alpha value is -2.02. The van der Waals surface area contributed by atoms with Crippen molar-refractivity contribution in [2.24, 2.45) is 0 Å². The summed E-state index contributed by atoms with van der Waals surface area (Å²) >= 11 is 1.66. The van der Waals surface area contributed by atoms with E-state index in [4.69, 9.17) is 4.74 Å². The van der Waals surface area contributed by atoms with Gasteiger partial charge < -0.3 is 14.7 Å². The van der Waals surface area contributed by atoms with Gasteiger partial charge in [0.15, 0.2) is 0 Å². The van der Waals surface area contributed by atoms with Crippen molar-refractivity contribution in [1.82, 2.24) is 9.97 Å². The molecule has 24 heavy (non-hydrogen) atoms. The SMILES string of the molecule is COC[C@@H](O)CN(C)c1nc(C)nc2sc(-c3ccccc3)cc12. The van der Waals surface area contributed by atoms with Crippen molar-refractivity contribution < 1.29 is 9.84 Å². The van der Waals surface area contributed by atoms with Gasteiger partial charge in [0.25, 0.3) is 0 Å². The summed E-state index contributed by atoms with van der Waals surface area (Å²) in [5, 5.41) is 11.0. The summed E-state index contributed by atoms with van der Waals surface area (Å²) < 4.78 is 5.01. The minimum Gasteiger partial charge on any atom is -0.389 e. The monoisotopic (exact) mass is 343 g/mol. The molecule has 1 N–H and O–H groups in total. The van der Waals surface area contributed by atoms with Crippen LogP contribution in [0.15, 0.2) is 36.4 Å². The molecule has 0 amide bonds. The van der Waals surface area contributed by atoms with Gasteiger partial charge >= 0.3 is 0 Å². The molecule has 0 fully saturated rings. The van der Waals surface area contributed by atoms with E-state index >= 15 is 0 Å². The highest BCUT2D eigenvalue weighted by Crippen LogP contribution is 2.36. The second-order valence-corrected chi connectivity index (χ2v) is 6.81. The highest BCUT2D eigenvalue weighted by molar-refractivity contribution is 7.21. The summed E-state index contributed by atoms with van der Waals surface area (Å²) in [6.45, 7) is 2.65. The van der Waals surface area contributed by atoms with Crippen LogP contribution in [0.25, 0.3) is 20.7 Å². The molecule has 1 atom stereocenters. The van der Waals surface area contributed by atoms with Crippen molar-refractivity contribution in [3.63, 3.8) is 0 Å². The molecule has 6 heteroatoms. The number of benzene rings is 1. The van der Waals surface area contributed by atoms with Crippen LogP contribution in [0, 0.1) is 6.92 Å². The van der Waals surface area contributed by atoms with E-state index in [2.05, 4.69) is 28.2 Å². The van der Waals surface area contributed by atoms with Gasteiger partial charge in [-0.2, -0.15) is 0 Å². The lowest BCUT2D eigenvalue weighted by molar-refractivity contribution is 0.0694. The summed E-state index contributed by atoms with van der Waals surface area (Å²) in [4.78, 5) is 13.3. The molecule has 0 aliphatic heterocycles. The standard InChI is InChI=1S/C18H21N3O2S/c1-12-19-17(21(2)10-14(22)11-23-3)15-9-16(24-18(15)20-12)13-7-5-4-6-8-13/h4-9,14,22H,10-11H2,1-3H3/t14-/m0/s1. The number of aromatic nitrogens is 2. The van der Waals surface area contributed by atoms with Gasteiger partial charge in [0.2, 0.25) is 0 Å². The number of hydrogen-bond donors (Lipinski definition) is 1. The molecule has 0 radical (unpaired) electrons. The largest absolute Gasteiger partial charge is 0.389 e. The van der Waals surface area contributed by atoms with Crippen molar-refractivity contribution in [2.75, 3.05) is 32.2 Å². The molecule has 0 saturated carbocycles. The van der Waals surface area contributed by atoms with E-state index in [-0.39, 0.29) is 0 Å². The lowest BCUT2D eigenvalue weighted by Crippen LogP contribution is -2.32. The number of fused-ring (bicyclic) bond motifs is 1. The number of aryl methyl sites for hydroxylation is 1. The number of likely N-dealkylation sites (N-methyl/N-ethyl adjacent to an activating group) is 1. The maximum atomic E-state index is 10.00. The zero-order chi connectivity index (χ0) is 17.1. The number of nitrogens with zero attached hydrogens (tertiary/aromatic N) is 3. The molecule has 3 rings (SSSR count). The molecular weight excluding hydrogens is 322 g/mol. The van der Waals surface area contributed by atoms with Gasteiger partial charge in [-0.25, -0.2) is 9.97 Å². The molecule has 126 valence electrons. The molecule has 1 aromatic carbocycles. The van der Waals surface area contributed by atoms with Crippen LogP contribution < -0.4 is 4.90 Å². The molecule has 3 aromatic rings. The Labute approximate surface area is 145 Å². The number of aliphatic hydroxyl groups is 1. The van der Waals surface area contributed by atoms with Gasteiger partial charge in [-0.3, -0.25) is 0 Å². The molecular formula is C18H21N3O2S. The van der Waals surface area contributed by atoms with Crippen molar-refractivity contribution in [1.29, 1.82) is 0 Å². The summed E-state index contributed by atoms with van der Waals surface area (Å²) in [5.41, 5.74) is 1.17. The third-order valence-corrected chi connectivity index (χ3v) is 4.83. The van der Waals surface area contributed by atoms with Gasteiger partial charge in [-0.1, -0.05) is 30.3 Å². The zero-order valence-corrected chi connectivity index (χ0v) is 14.9. The fraction of sp³-hybridized carbons (Fsp3) is 0.333. The number of rotatable bonds is 6. The Balaban J connectivity index is 2.00. The van der Waals surface area contributed by atoms with E-state index in [9.17, 15) is 5.11 Å². The lowest BCUT2D eigenvalue weighted by atomic mass is 10.2. The molecule has 0 aliphatic rings. The van der Waals surface area contributed by atoms with Crippen LogP contribution >= 0.6 is 11.3 Å². The number of methoxy groups -OCH3 is 1. The number of aliphatic hydroxyl groups excluding tert-OH is 1. The molecule has 0 spiro atoms. The van der Waals surface area contributed by atoms with Crippen LogP contribution in [-0.2, 0) is 4.74 Å². The van der Waals surface area contributed by atoms with E-state index in [0.29, 0.717) is 13.2 Å². The summed E-state index contributed by atoms with van der Waals surface area (Å²) in [6, 6.07) is 12.4. The highest BCUT2D eigenvalue weighted by Gasteiger charge is 2.16. The molecule has 0 saturated heterocycles. The normalized spacial score (nSPS) is 12.5. The Morgan fingerprint density at radius 1 is 1.25 bits per heavy atom. The molecule has 2 aromatic heterocycles. The van der Waals surface area contributed by atoms with Gasteiger partial charge in [-0.15, -0.1) is 11.3 Å². The topological polar surface area (TPSA) is 58.5 Å².